The van der Waals surface area contributed by atoms with Gasteiger partial charge in [0, 0.05) is 13.1 Å². The maximum atomic E-state index is 13.7. The Labute approximate surface area is 113 Å². The topological polar surface area (TPSA) is 41.1 Å². The minimum atomic E-state index is -0.383. The first-order valence-corrected chi connectivity index (χ1v) is 6.92. The maximum absolute atomic E-state index is 13.7. The molecule has 0 heterocycles. The summed E-state index contributed by atoms with van der Waals surface area (Å²) in [6, 6.07) is 4.59. The highest BCUT2D eigenvalue weighted by atomic mass is 19.1. The number of nitrogens with one attached hydrogen (secondary N) is 2. The van der Waals surface area contributed by atoms with Crippen molar-refractivity contribution < 1.29 is 9.18 Å². The Balaban J connectivity index is 2.08. The Hall–Kier alpha value is -1.58. The molecule has 1 aromatic carbocycles. The molecule has 2 rings (SSSR count). The molecule has 1 aromatic rings. The van der Waals surface area contributed by atoms with Crippen molar-refractivity contribution in [2.75, 3.05) is 18.4 Å². The Morgan fingerprint density at radius 3 is 2.68 bits per heavy atom. The van der Waals surface area contributed by atoms with Gasteiger partial charge in [-0.25, -0.2) is 4.39 Å². The molecule has 1 fully saturated rings. The van der Waals surface area contributed by atoms with Crippen molar-refractivity contribution in [1.29, 1.82) is 0 Å². The number of rotatable bonds is 6. The lowest BCUT2D eigenvalue weighted by molar-refractivity contribution is 0.0945. The van der Waals surface area contributed by atoms with Gasteiger partial charge in [-0.05, 0) is 43.7 Å². The fourth-order valence-electron chi connectivity index (χ4n) is 2.26. The van der Waals surface area contributed by atoms with Crippen LogP contribution in [0.15, 0.2) is 18.2 Å². The van der Waals surface area contributed by atoms with Crippen LogP contribution in [0.4, 0.5) is 10.1 Å². The molecule has 0 spiro atoms. The molecular weight excluding hydrogens is 243 g/mol. The van der Waals surface area contributed by atoms with Crippen LogP contribution in [0.5, 0.6) is 0 Å². The van der Waals surface area contributed by atoms with Gasteiger partial charge in [0.2, 0.25) is 0 Å². The van der Waals surface area contributed by atoms with Crippen LogP contribution in [0.25, 0.3) is 0 Å². The molecule has 1 aliphatic carbocycles. The first-order valence-electron chi connectivity index (χ1n) is 6.92. The van der Waals surface area contributed by atoms with Crippen molar-refractivity contribution in [3.63, 3.8) is 0 Å². The Morgan fingerprint density at radius 2 is 2.11 bits per heavy atom. The average Bonchev–Trinajstić information content (AvgIpc) is 3.19. The van der Waals surface area contributed by atoms with E-state index < -0.39 is 0 Å². The lowest BCUT2D eigenvalue weighted by Gasteiger charge is -2.15. The minimum absolute atomic E-state index is 0.199. The van der Waals surface area contributed by atoms with Gasteiger partial charge >= 0.3 is 0 Å². The Morgan fingerprint density at radius 1 is 1.37 bits per heavy atom. The van der Waals surface area contributed by atoms with E-state index in [0.717, 1.165) is 6.42 Å². The summed E-state index contributed by atoms with van der Waals surface area (Å²) in [5, 5.41) is 5.85. The fraction of sp³-hybridized carbons (Fsp3) is 0.533. The summed E-state index contributed by atoms with van der Waals surface area (Å²) in [7, 11) is 0. The van der Waals surface area contributed by atoms with E-state index in [1.807, 2.05) is 6.92 Å². The van der Waals surface area contributed by atoms with Crippen molar-refractivity contribution in [2.24, 2.45) is 5.41 Å². The highest BCUT2D eigenvalue weighted by Gasteiger charge is 2.40. The molecule has 104 valence electrons. The van der Waals surface area contributed by atoms with Crippen LogP contribution in [0, 0.1) is 11.2 Å². The highest BCUT2D eigenvalue weighted by Crippen LogP contribution is 2.47. The normalized spacial score (nSPS) is 15.9. The molecule has 0 unspecified atom stereocenters. The number of benzene rings is 1. The smallest absolute Gasteiger partial charge is 0.253 e. The number of para-hydroxylation sites is 1. The third-order valence-corrected chi connectivity index (χ3v) is 3.94. The first-order chi connectivity index (χ1) is 9.12. The fourth-order valence-corrected chi connectivity index (χ4v) is 2.26. The molecule has 0 bridgehead atoms. The number of hydrogen-bond donors (Lipinski definition) is 2. The van der Waals surface area contributed by atoms with Gasteiger partial charge in [-0.1, -0.05) is 13.0 Å². The second-order valence-corrected chi connectivity index (χ2v) is 5.23. The molecule has 2 N–H and O–H groups in total. The first kappa shape index (κ1) is 13.8. The predicted molar refractivity (Wildman–Crippen MR) is 74.9 cm³/mol. The van der Waals surface area contributed by atoms with Gasteiger partial charge in [0.25, 0.3) is 5.91 Å². The van der Waals surface area contributed by atoms with Crippen molar-refractivity contribution in [2.45, 2.75) is 33.1 Å². The third-order valence-electron chi connectivity index (χ3n) is 3.94. The van der Waals surface area contributed by atoms with Gasteiger partial charge in [-0.15, -0.1) is 0 Å². The number of hydrogen-bond acceptors (Lipinski definition) is 2. The van der Waals surface area contributed by atoms with E-state index in [4.69, 9.17) is 0 Å². The van der Waals surface area contributed by atoms with Gasteiger partial charge in [0.1, 0.15) is 5.82 Å². The SMILES string of the molecule is CCNc1c(F)cccc1C(=O)NCC1(CC)CC1. The van der Waals surface area contributed by atoms with Crippen LogP contribution < -0.4 is 10.6 Å². The van der Waals surface area contributed by atoms with Crippen LogP contribution in [0.2, 0.25) is 0 Å². The summed E-state index contributed by atoms with van der Waals surface area (Å²) in [6.45, 7) is 5.29. The molecule has 1 aliphatic rings. The average molecular weight is 264 g/mol. The summed E-state index contributed by atoms with van der Waals surface area (Å²) < 4.78 is 13.7. The van der Waals surface area contributed by atoms with Gasteiger partial charge in [-0.2, -0.15) is 0 Å². The molecular formula is C15H21FN2O. The summed E-state index contributed by atoms with van der Waals surface area (Å²) in [6.07, 6.45) is 3.43. The third kappa shape index (κ3) is 3.06. The van der Waals surface area contributed by atoms with E-state index in [1.165, 1.54) is 18.9 Å². The van der Waals surface area contributed by atoms with Crippen molar-refractivity contribution >= 4 is 11.6 Å². The highest BCUT2D eigenvalue weighted by molar-refractivity contribution is 5.99. The molecule has 0 aromatic heterocycles. The molecule has 1 amide bonds. The zero-order valence-corrected chi connectivity index (χ0v) is 11.6. The summed E-state index contributed by atoms with van der Waals surface area (Å²) >= 11 is 0. The van der Waals surface area contributed by atoms with E-state index in [0.29, 0.717) is 29.8 Å². The van der Waals surface area contributed by atoms with Crippen LogP contribution in [0.1, 0.15) is 43.5 Å². The quantitative estimate of drug-likeness (QED) is 0.828. The van der Waals surface area contributed by atoms with E-state index in [9.17, 15) is 9.18 Å². The lowest BCUT2D eigenvalue weighted by Crippen LogP contribution is -2.30. The Kier molecular flexibility index (Phi) is 4.08. The van der Waals surface area contributed by atoms with Crippen LogP contribution in [0.3, 0.4) is 0 Å². The molecule has 3 nitrogen and oxygen atoms in total. The van der Waals surface area contributed by atoms with E-state index in [1.54, 1.807) is 12.1 Å². The van der Waals surface area contributed by atoms with Gasteiger partial charge in [0.05, 0.1) is 11.3 Å². The second kappa shape index (κ2) is 5.59. The van der Waals surface area contributed by atoms with Gasteiger partial charge in [0.15, 0.2) is 0 Å². The van der Waals surface area contributed by atoms with Crippen molar-refractivity contribution in [3.05, 3.63) is 29.6 Å². The van der Waals surface area contributed by atoms with Crippen LogP contribution in [-0.4, -0.2) is 19.0 Å². The standard InChI is InChI=1S/C15H21FN2O/c1-3-15(8-9-15)10-18-14(19)11-6-5-7-12(16)13(11)17-4-2/h5-7,17H,3-4,8-10H2,1-2H3,(H,18,19). The zero-order valence-electron chi connectivity index (χ0n) is 11.6. The number of anilines is 1. The monoisotopic (exact) mass is 264 g/mol. The van der Waals surface area contributed by atoms with E-state index in [2.05, 4.69) is 17.6 Å². The van der Waals surface area contributed by atoms with Gasteiger partial charge < -0.3 is 10.6 Å². The minimum Gasteiger partial charge on any atom is -0.382 e. The van der Waals surface area contributed by atoms with Gasteiger partial charge in [-0.3, -0.25) is 4.79 Å². The second-order valence-electron chi connectivity index (χ2n) is 5.23. The summed E-state index contributed by atoms with van der Waals surface area (Å²) in [4.78, 5) is 12.2. The summed E-state index contributed by atoms with van der Waals surface area (Å²) in [5.41, 5.74) is 0.971. The van der Waals surface area contributed by atoms with E-state index >= 15 is 0 Å². The molecule has 0 atom stereocenters. The van der Waals surface area contributed by atoms with Crippen molar-refractivity contribution in [1.82, 2.24) is 5.32 Å². The number of carbonyl (C=O) groups excluding carboxylic acids is 1. The molecule has 4 heteroatoms. The zero-order chi connectivity index (χ0) is 13.9. The Bertz CT molecular complexity index is 469. The molecule has 0 radical (unpaired) electrons. The number of amides is 1. The molecule has 0 saturated heterocycles. The number of carbonyl (C=O) groups is 1. The van der Waals surface area contributed by atoms with Crippen molar-refractivity contribution in [3.8, 4) is 0 Å². The van der Waals surface area contributed by atoms with E-state index in [-0.39, 0.29) is 11.7 Å². The molecule has 0 aliphatic heterocycles. The molecule has 19 heavy (non-hydrogen) atoms. The predicted octanol–water partition coefficient (Wildman–Crippen LogP) is 3.18. The number of halogens is 1. The van der Waals surface area contributed by atoms with Crippen LogP contribution in [-0.2, 0) is 0 Å². The largest absolute Gasteiger partial charge is 0.382 e. The lowest BCUT2D eigenvalue weighted by atomic mass is 10.0. The summed E-state index contributed by atoms with van der Waals surface area (Å²) in [5.74, 6) is -0.582. The molecule has 1 saturated carbocycles. The van der Waals surface area contributed by atoms with Crippen LogP contribution >= 0.6 is 0 Å². The maximum Gasteiger partial charge on any atom is 0.253 e.